The van der Waals surface area contributed by atoms with E-state index in [0.29, 0.717) is 0 Å². The molecule has 0 heterocycles. The van der Waals surface area contributed by atoms with Crippen LogP contribution in [0.15, 0.2) is 0 Å². The van der Waals surface area contributed by atoms with Crippen molar-refractivity contribution in [1.29, 1.82) is 0 Å². The number of rotatable bonds is 4. The van der Waals surface area contributed by atoms with Gasteiger partial charge in [0.05, 0.1) is 0 Å². The van der Waals surface area contributed by atoms with Gasteiger partial charge >= 0.3 is 76.4 Å². The second kappa shape index (κ2) is 4.42. The third-order valence-electron chi connectivity index (χ3n) is 2.78. The molecular weight excluding hydrogens is 336 g/mol. The molecule has 11 heavy (non-hydrogen) atoms. The minimum absolute atomic E-state index is 0.745. The van der Waals surface area contributed by atoms with Crippen LogP contribution in [0.1, 0.15) is 20.8 Å². The van der Waals surface area contributed by atoms with E-state index in [4.69, 9.17) is 0 Å². The Bertz CT molecular complexity index is 103. The monoisotopic (exact) mass is 361 g/mol. The second-order valence-corrected chi connectivity index (χ2v) is 31.8. The zero-order valence-corrected chi connectivity index (χ0v) is 12.1. The van der Waals surface area contributed by atoms with Gasteiger partial charge in [0.25, 0.3) is 0 Å². The van der Waals surface area contributed by atoms with Gasteiger partial charge in [0, 0.05) is 0 Å². The summed E-state index contributed by atoms with van der Waals surface area (Å²) in [6.45, 7) is 7.27. The Morgan fingerprint density at radius 1 is 0.818 bits per heavy atom. The molecule has 0 aromatic heterocycles. The van der Waals surface area contributed by atoms with Crippen molar-refractivity contribution in [2.45, 2.75) is 36.2 Å². The summed E-state index contributed by atoms with van der Waals surface area (Å²) in [5.74, 6) is 0. The van der Waals surface area contributed by atoms with Crippen molar-refractivity contribution >= 4 is 5.15 Å². The fourth-order valence-electron chi connectivity index (χ4n) is 1.71. The predicted octanol–water partition coefficient (Wildman–Crippen LogP) is 4.01. The molecule has 0 N–H and O–H groups in total. The van der Waals surface area contributed by atoms with Gasteiger partial charge in [0.1, 0.15) is 0 Å². The van der Waals surface area contributed by atoms with Crippen LogP contribution >= 0.6 is 5.15 Å². The van der Waals surface area contributed by atoms with E-state index in [1.807, 2.05) is 0 Å². The van der Waals surface area contributed by atoms with Gasteiger partial charge in [0.15, 0.2) is 0 Å². The third-order valence-corrected chi connectivity index (χ3v) is 35.9. The van der Waals surface area contributed by atoms with Crippen molar-refractivity contribution in [2.24, 2.45) is 0 Å². The van der Waals surface area contributed by atoms with Gasteiger partial charge in [-0.3, -0.25) is 0 Å². The van der Waals surface area contributed by atoms with Crippen LogP contribution < -0.4 is 0 Å². The summed E-state index contributed by atoms with van der Waals surface area (Å²) in [5.41, 5.74) is 0. The summed E-state index contributed by atoms with van der Waals surface area (Å²) < 4.78 is 0. The average Bonchev–Trinajstić information content (AvgIpc) is 1.90. The molecule has 0 aromatic carbocycles. The molecule has 0 aromatic rings. The Labute approximate surface area is 76.4 Å². The van der Waals surface area contributed by atoms with Crippen LogP contribution in [0.25, 0.3) is 0 Å². The summed E-state index contributed by atoms with van der Waals surface area (Å²) in [6, 6.07) is 0. The van der Waals surface area contributed by atoms with Crippen LogP contribution in [0.4, 0.5) is 0 Å². The molecule has 0 aliphatic rings. The molecule has 2 heteroatoms. The van der Waals surface area contributed by atoms with Gasteiger partial charge in [0.2, 0.25) is 0 Å². The van der Waals surface area contributed by atoms with Crippen molar-refractivity contribution in [1.82, 2.24) is 0 Å². The number of hydrogen-bond donors (Lipinski definition) is 0. The zero-order chi connectivity index (χ0) is 9.12. The topological polar surface area (TPSA) is 0 Å². The molecule has 0 saturated carbocycles. The first-order valence-corrected chi connectivity index (χ1v) is 16.4. The van der Waals surface area contributed by atoms with Gasteiger partial charge in [-0.05, 0) is 0 Å². The molecule has 0 atom stereocenters. The van der Waals surface area contributed by atoms with Crippen LogP contribution in [0.2, 0.25) is 15.4 Å². The van der Waals surface area contributed by atoms with Crippen molar-refractivity contribution in [2.75, 3.05) is 18.5 Å². The van der Waals surface area contributed by atoms with Crippen LogP contribution in [0, 0.1) is 0 Å². The van der Waals surface area contributed by atoms with Gasteiger partial charge in [-0.2, -0.15) is 0 Å². The maximum atomic E-state index is 2.60. The first kappa shape index (κ1) is 12.2. The summed E-state index contributed by atoms with van der Waals surface area (Å²) in [4.78, 5) is 0. The molecule has 77 valence electrons. The molecule has 0 aliphatic heterocycles. The van der Waals surface area contributed by atoms with Crippen molar-refractivity contribution in [3.63, 3.8) is 0 Å². The van der Waals surface area contributed by atoms with Crippen LogP contribution in [-0.4, -0.2) is 18.5 Å². The molecule has 0 aliphatic carbocycles. The van der Waals surface area contributed by atoms with Crippen LogP contribution in [-0.2, 0) is 16.6 Å². The average molecular weight is 361 g/mol. The van der Waals surface area contributed by atoms with E-state index in [2.05, 4.69) is 36.2 Å². The maximum absolute atomic E-state index is 2.60. The van der Waals surface area contributed by atoms with E-state index in [-0.39, 0.29) is 0 Å². The summed E-state index contributed by atoms with van der Waals surface area (Å²) in [7, 11) is 0. The predicted molar refractivity (Wildman–Crippen MR) is 57.5 cm³/mol. The molecule has 0 radical (unpaired) electrons. The standard InChI is InChI=1S/C6H15P.3CH3.Au/c1-4-7(5-2)6-3;;;;/h4-6H2,1-3H3;3*1H3;/q;;;;-1/p+1. The fraction of sp³-hybridized carbons (Fsp3) is 1.00. The van der Waals surface area contributed by atoms with E-state index in [0.717, 1.165) is 0 Å². The summed E-state index contributed by atoms with van der Waals surface area (Å²) in [6.07, 6.45) is 4.58. The molecule has 0 bridgehead atoms. The first-order valence-electron chi connectivity index (χ1n) is 4.24. The Morgan fingerprint density at radius 3 is 1.09 bits per heavy atom. The summed E-state index contributed by atoms with van der Waals surface area (Å²) >= 11 is -1.15. The first-order chi connectivity index (χ1) is 4.93. The number of hydrogen-bond acceptors (Lipinski definition) is 0. The normalized spacial score (nSPS) is 16.5. The molecule has 0 amide bonds. The zero-order valence-electron chi connectivity index (χ0n) is 8.92. The third kappa shape index (κ3) is 2.56. The van der Waals surface area contributed by atoms with Crippen molar-refractivity contribution in [3.05, 3.63) is 0 Å². The van der Waals surface area contributed by atoms with Gasteiger partial charge in [-0.15, -0.1) is 0 Å². The summed E-state index contributed by atoms with van der Waals surface area (Å²) in [5, 5.41) is 7.05. The Kier molecular flexibility index (Phi) is 4.89. The van der Waals surface area contributed by atoms with Crippen molar-refractivity contribution < 1.29 is 16.6 Å². The minimum atomic E-state index is -1.15. The molecule has 0 unspecified atom stereocenters. The van der Waals surface area contributed by atoms with E-state index >= 15 is 0 Å². The van der Waals surface area contributed by atoms with Crippen LogP contribution in [0.5, 0.6) is 0 Å². The molecule has 0 fully saturated rings. The Balaban J connectivity index is 4.54. The Morgan fingerprint density at radius 2 is 1.09 bits per heavy atom. The van der Waals surface area contributed by atoms with Gasteiger partial charge in [-0.25, -0.2) is 0 Å². The molecule has 0 rings (SSSR count). The van der Waals surface area contributed by atoms with Gasteiger partial charge < -0.3 is 0 Å². The van der Waals surface area contributed by atoms with E-state index in [1.165, 1.54) is 18.5 Å². The fourth-order valence-corrected chi connectivity index (χ4v) is 25.8. The van der Waals surface area contributed by atoms with E-state index < -0.39 is 21.8 Å². The SMILES string of the molecule is CC[PH](CC)(CC)[Au]([CH3])([CH3])[CH3]. The van der Waals surface area contributed by atoms with Crippen LogP contribution in [0.3, 0.4) is 0 Å². The molecule has 0 nitrogen and oxygen atoms in total. The van der Waals surface area contributed by atoms with E-state index in [9.17, 15) is 0 Å². The van der Waals surface area contributed by atoms with E-state index in [1.54, 1.807) is 0 Å². The second-order valence-electron chi connectivity index (χ2n) is 3.49. The van der Waals surface area contributed by atoms with Crippen molar-refractivity contribution in [3.8, 4) is 0 Å². The molecule has 0 spiro atoms. The molecule has 0 saturated heterocycles. The van der Waals surface area contributed by atoms with Gasteiger partial charge in [-0.1, -0.05) is 0 Å². The molecular formula is C9H25AuP. The quantitative estimate of drug-likeness (QED) is 0.524. The Hall–Kier alpha value is 1.17.